The Kier molecular flexibility index (Phi) is 5.78. The summed E-state index contributed by atoms with van der Waals surface area (Å²) in [4.78, 5) is 11.8. The highest BCUT2D eigenvalue weighted by molar-refractivity contribution is 6.31. The van der Waals surface area contributed by atoms with Crippen LogP contribution in [-0.2, 0) is 11.2 Å². The van der Waals surface area contributed by atoms with Gasteiger partial charge in [-0.25, -0.2) is 0 Å². The van der Waals surface area contributed by atoms with E-state index < -0.39 is 6.10 Å². The molecule has 0 aliphatic carbocycles. The molecule has 0 saturated heterocycles. The number of rotatable bonds is 6. The van der Waals surface area contributed by atoms with Gasteiger partial charge in [-0.1, -0.05) is 60.1 Å². The lowest BCUT2D eigenvalue weighted by Crippen LogP contribution is -2.28. The third kappa shape index (κ3) is 4.88. The maximum atomic E-state index is 11.8. The SMILES string of the molecule is O=C(CCc1ccccc1)NCC(O)c1ccccc1Cl. The maximum absolute atomic E-state index is 11.8. The van der Waals surface area contributed by atoms with Crippen LogP contribution in [-0.4, -0.2) is 17.6 Å². The van der Waals surface area contributed by atoms with Crippen molar-refractivity contribution in [1.29, 1.82) is 0 Å². The molecular weight excluding hydrogens is 286 g/mol. The molecule has 2 N–H and O–H groups in total. The van der Waals surface area contributed by atoms with Crippen LogP contribution in [0.25, 0.3) is 0 Å². The van der Waals surface area contributed by atoms with E-state index in [1.807, 2.05) is 36.4 Å². The van der Waals surface area contributed by atoms with Gasteiger partial charge in [-0.2, -0.15) is 0 Å². The Bertz CT molecular complexity index is 586. The van der Waals surface area contributed by atoms with Crippen molar-refractivity contribution in [3.63, 3.8) is 0 Å². The van der Waals surface area contributed by atoms with Crippen LogP contribution in [0.1, 0.15) is 23.7 Å². The van der Waals surface area contributed by atoms with Gasteiger partial charge < -0.3 is 10.4 Å². The second-order valence-electron chi connectivity index (χ2n) is 4.83. The molecule has 0 bridgehead atoms. The first-order valence-corrected chi connectivity index (χ1v) is 7.27. The lowest BCUT2D eigenvalue weighted by atomic mass is 10.1. The van der Waals surface area contributed by atoms with Crippen LogP contribution in [0.3, 0.4) is 0 Å². The summed E-state index contributed by atoms with van der Waals surface area (Å²) in [6, 6.07) is 16.9. The van der Waals surface area contributed by atoms with Crippen LogP contribution >= 0.6 is 11.6 Å². The van der Waals surface area contributed by atoms with Crippen LogP contribution in [0.4, 0.5) is 0 Å². The zero-order valence-corrected chi connectivity index (χ0v) is 12.4. The van der Waals surface area contributed by atoms with Gasteiger partial charge in [0.2, 0.25) is 5.91 Å². The Morgan fingerprint density at radius 3 is 2.48 bits per heavy atom. The number of carbonyl (C=O) groups excluding carboxylic acids is 1. The molecule has 2 aromatic rings. The quantitative estimate of drug-likeness (QED) is 0.861. The lowest BCUT2D eigenvalue weighted by molar-refractivity contribution is -0.121. The fourth-order valence-electron chi connectivity index (χ4n) is 2.06. The molecule has 1 amide bonds. The third-order valence-electron chi connectivity index (χ3n) is 3.24. The Hall–Kier alpha value is -1.84. The minimum atomic E-state index is -0.792. The van der Waals surface area contributed by atoms with Crippen molar-refractivity contribution in [2.75, 3.05) is 6.54 Å². The van der Waals surface area contributed by atoms with Crippen LogP contribution < -0.4 is 5.32 Å². The first-order valence-electron chi connectivity index (χ1n) is 6.90. The highest BCUT2D eigenvalue weighted by Crippen LogP contribution is 2.21. The van der Waals surface area contributed by atoms with Gasteiger partial charge in [-0.15, -0.1) is 0 Å². The molecule has 110 valence electrons. The predicted octanol–water partition coefficient (Wildman–Crippen LogP) is 3.12. The molecule has 0 aromatic heterocycles. The van der Waals surface area contributed by atoms with E-state index in [0.717, 1.165) is 5.56 Å². The van der Waals surface area contributed by atoms with Gasteiger partial charge in [0.1, 0.15) is 0 Å². The molecule has 2 rings (SSSR count). The number of carbonyl (C=O) groups is 1. The molecule has 4 heteroatoms. The van der Waals surface area contributed by atoms with Crippen LogP contribution in [0.2, 0.25) is 5.02 Å². The molecular formula is C17H18ClNO2. The highest BCUT2D eigenvalue weighted by Gasteiger charge is 2.12. The molecule has 0 radical (unpaired) electrons. The summed E-state index contributed by atoms with van der Waals surface area (Å²) in [5.41, 5.74) is 1.75. The molecule has 0 saturated carbocycles. The minimum Gasteiger partial charge on any atom is -0.387 e. The summed E-state index contributed by atoms with van der Waals surface area (Å²) in [6.45, 7) is 0.164. The van der Waals surface area contributed by atoms with E-state index in [1.54, 1.807) is 18.2 Å². The molecule has 0 aliphatic heterocycles. The Morgan fingerprint density at radius 2 is 1.76 bits per heavy atom. The van der Waals surface area contributed by atoms with Crippen LogP contribution in [0.15, 0.2) is 54.6 Å². The molecule has 1 atom stereocenters. The monoisotopic (exact) mass is 303 g/mol. The second-order valence-corrected chi connectivity index (χ2v) is 5.23. The Morgan fingerprint density at radius 1 is 1.10 bits per heavy atom. The van der Waals surface area contributed by atoms with E-state index in [2.05, 4.69) is 5.32 Å². The Balaban J connectivity index is 1.77. The molecule has 0 fully saturated rings. The number of aliphatic hydroxyl groups is 1. The number of halogens is 1. The smallest absolute Gasteiger partial charge is 0.220 e. The normalized spacial score (nSPS) is 11.9. The summed E-state index contributed by atoms with van der Waals surface area (Å²) >= 11 is 6.00. The topological polar surface area (TPSA) is 49.3 Å². The van der Waals surface area contributed by atoms with Crippen LogP contribution in [0.5, 0.6) is 0 Å². The molecule has 0 aliphatic rings. The van der Waals surface area contributed by atoms with Gasteiger partial charge in [0.15, 0.2) is 0 Å². The summed E-state index contributed by atoms with van der Waals surface area (Å²) in [7, 11) is 0. The van der Waals surface area contributed by atoms with E-state index in [1.165, 1.54) is 0 Å². The van der Waals surface area contributed by atoms with Crippen molar-refractivity contribution in [3.05, 3.63) is 70.7 Å². The largest absolute Gasteiger partial charge is 0.387 e. The lowest BCUT2D eigenvalue weighted by Gasteiger charge is -2.13. The average Bonchev–Trinajstić information content (AvgIpc) is 2.52. The zero-order chi connectivity index (χ0) is 15.1. The maximum Gasteiger partial charge on any atom is 0.220 e. The molecule has 2 aromatic carbocycles. The number of nitrogens with one attached hydrogen (secondary N) is 1. The van der Waals surface area contributed by atoms with Gasteiger partial charge in [-0.05, 0) is 18.1 Å². The van der Waals surface area contributed by atoms with Crippen molar-refractivity contribution >= 4 is 17.5 Å². The minimum absolute atomic E-state index is 0.0787. The van der Waals surface area contributed by atoms with Crippen molar-refractivity contribution in [3.8, 4) is 0 Å². The van der Waals surface area contributed by atoms with Gasteiger partial charge in [0.05, 0.1) is 6.10 Å². The number of hydrogen-bond acceptors (Lipinski definition) is 2. The van der Waals surface area contributed by atoms with Gasteiger partial charge in [0, 0.05) is 23.6 Å². The summed E-state index contributed by atoms with van der Waals surface area (Å²) in [5, 5.41) is 13.3. The van der Waals surface area contributed by atoms with Gasteiger partial charge in [0.25, 0.3) is 0 Å². The standard InChI is InChI=1S/C17H18ClNO2/c18-15-9-5-4-8-14(15)16(20)12-19-17(21)11-10-13-6-2-1-3-7-13/h1-9,16,20H,10-12H2,(H,19,21). The summed E-state index contributed by atoms with van der Waals surface area (Å²) < 4.78 is 0. The van der Waals surface area contributed by atoms with Crippen molar-refractivity contribution in [2.24, 2.45) is 0 Å². The Labute approximate surface area is 129 Å². The van der Waals surface area contributed by atoms with E-state index in [4.69, 9.17) is 11.6 Å². The fraction of sp³-hybridized carbons (Fsp3) is 0.235. The number of amides is 1. The first kappa shape index (κ1) is 15.5. The zero-order valence-electron chi connectivity index (χ0n) is 11.6. The van der Waals surface area contributed by atoms with Crippen molar-refractivity contribution in [2.45, 2.75) is 18.9 Å². The number of aryl methyl sites for hydroxylation is 1. The average molecular weight is 304 g/mol. The van der Waals surface area contributed by atoms with Gasteiger partial charge >= 0.3 is 0 Å². The van der Waals surface area contributed by atoms with E-state index >= 15 is 0 Å². The van der Waals surface area contributed by atoms with Crippen molar-refractivity contribution < 1.29 is 9.90 Å². The van der Waals surface area contributed by atoms with Gasteiger partial charge in [-0.3, -0.25) is 4.79 Å². The molecule has 1 unspecified atom stereocenters. The van der Waals surface area contributed by atoms with E-state index in [9.17, 15) is 9.90 Å². The predicted molar refractivity (Wildman–Crippen MR) is 84.2 cm³/mol. The number of benzene rings is 2. The first-order chi connectivity index (χ1) is 10.2. The van der Waals surface area contributed by atoms with Crippen molar-refractivity contribution in [1.82, 2.24) is 5.32 Å². The summed E-state index contributed by atoms with van der Waals surface area (Å²) in [6.07, 6.45) is 0.299. The number of aliphatic hydroxyl groups excluding tert-OH is 1. The molecule has 0 heterocycles. The number of hydrogen-bond donors (Lipinski definition) is 2. The molecule has 3 nitrogen and oxygen atoms in total. The highest BCUT2D eigenvalue weighted by atomic mass is 35.5. The van der Waals surface area contributed by atoms with Crippen LogP contribution in [0, 0.1) is 0 Å². The van der Waals surface area contributed by atoms with E-state index in [-0.39, 0.29) is 12.5 Å². The summed E-state index contributed by atoms with van der Waals surface area (Å²) in [5.74, 6) is -0.0787. The third-order valence-corrected chi connectivity index (χ3v) is 3.58. The van der Waals surface area contributed by atoms with E-state index in [0.29, 0.717) is 23.4 Å². The second kappa shape index (κ2) is 7.81. The molecule has 21 heavy (non-hydrogen) atoms. The molecule has 0 spiro atoms. The fourth-order valence-corrected chi connectivity index (χ4v) is 2.32.